The molecule has 4 rings (SSSR count). The van der Waals surface area contributed by atoms with E-state index in [-0.39, 0.29) is 21.7 Å². The van der Waals surface area contributed by atoms with Gasteiger partial charge in [-0.1, -0.05) is 48.0 Å². The minimum Gasteiger partial charge on any atom is -0.504 e. The fourth-order valence-electron chi connectivity index (χ4n) is 3.44. The lowest BCUT2D eigenvalue weighted by Gasteiger charge is -2.10. The van der Waals surface area contributed by atoms with Gasteiger partial charge in [-0.15, -0.1) is 10.2 Å². The molecule has 4 aromatic rings. The van der Waals surface area contributed by atoms with Gasteiger partial charge in [-0.3, -0.25) is 9.11 Å². The van der Waals surface area contributed by atoms with Gasteiger partial charge in [0.05, 0.1) is 5.69 Å². The van der Waals surface area contributed by atoms with Crippen molar-refractivity contribution in [2.45, 2.75) is 16.7 Å². The van der Waals surface area contributed by atoms with Crippen molar-refractivity contribution in [2.75, 3.05) is 0 Å². The fourth-order valence-corrected chi connectivity index (χ4v) is 4.75. The average Bonchev–Trinajstić information content (AvgIpc) is 2.71. The largest absolute Gasteiger partial charge is 0.504 e. The van der Waals surface area contributed by atoms with Crippen LogP contribution in [0.3, 0.4) is 0 Å². The molecular formula is C21H16N2O7S2. The number of rotatable bonds is 4. The molecule has 0 radical (unpaired) electrons. The predicted molar refractivity (Wildman–Crippen MR) is 118 cm³/mol. The van der Waals surface area contributed by atoms with E-state index in [0.29, 0.717) is 16.2 Å². The molecule has 0 heterocycles. The monoisotopic (exact) mass is 472 g/mol. The summed E-state index contributed by atoms with van der Waals surface area (Å²) >= 11 is 0. The van der Waals surface area contributed by atoms with Gasteiger partial charge in [-0.05, 0) is 30.5 Å². The Morgan fingerprint density at radius 2 is 1.38 bits per heavy atom. The number of phenolic OH excluding ortho intramolecular Hbond substituents is 1. The number of aromatic hydroxyl groups is 1. The van der Waals surface area contributed by atoms with Crippen LogP contribution in [0.5, 0.6) is 5.75 Å². The lowest BCUT2D eigenvalue weighted by atomic mass is 10.1. The summed E-state index contributed by atoms with van der Waals surface area (Å²) < 4.78 is 65.9. The minimum atomic E-state index is -4.75. The Morgan fingerprint density at radius 1 is 0.719 bits per heavy atom. The standard InChI is InChI=1S/C21H16N2O7S2/c1-12-6-7-14-13(10-12)11-19(32(28,29)30)21(24)20(14)23-22-17-8-9-18(31(25,26)27)16-5-3-2-4-15(16)17/h2-11,24H,1H3,(H,25,26,27)(H,28,29,30)/b23-22+. The topological polar surface area (TPSA) is 154 Å². The highest BCUT2D eigenvalue weighted by molar-refractivity contribution is 7.86. The number of fused-ring (bicyclic) bond motifs is 2. The van der Waals surface area contributed by atoms with Crippen molar-refractivity contribution in [1.29, 1.82) is 0 Å². The number of azo groups is 1. The zero-order chi connectivity index (χ0) is 23.3. The van der Waals surface area contributed by atoms with E-state index in [9.17, 15) is 31.0 Å². The maximum absolute atomic E-state index is 11.8. The molecule has 4 aromatic carbocycles. The molecule has 9 nitrogen and oxygen atoms in total. The Bertz CT molecular complexity index is 1640. The molecule has 0 aliphatic rings. The Balaban J connectivity index is 1.98. The van der Waals surface area contributed by atoms with Gasteiger partial charge >= 0.3 is 0 Å². The summed E-state index contributed by atoms with van der Waals surface area (Å²) in [5.41, 5.74) is 0.849. The van der Waals surface area contributed by atoms with Crippen molar-refractivity contribution >= 4 is 53.2 Å². The molecule has 0 aromatic heterocycles. The maximum Gasteiger partial charge on any atom is 0.298 e. The van der Waals surface area contributed by atoms with Gasteiger partial charge in [0.1, 0.15) is 15.5 Å². The molecule has 0 atom stereocenters. The van der Waals surface area contributed by atoms with Crippen molar-refractivity contribution in [3.05, 3.63) is 66.2 Å². The molecular weight excluding hydrogens is 456 g/mol. The highest BCUT2D eigenvalue weighted by atomic mass is 32.2. The van der Waals surface area contributed by atoms with Gasteiger partial charge in [-0.2, -0.15) is 16.8 Å². The summed E-state index contributed by atoms with van der Waals surface area (Å²) in [6.45, 7) is 1.80. The lowest BCUT2D eigenvalue weighted by Crippen LogP contribution is -1.99. The van der Waals surface area contributed by atoms with Crippen LogP contribution in [0.4, 0.5) is 11.4 Å². The lowest BCUT2D eigenvalue weighted by molar-refractivity contribution is 0.445. The molecule has 0 bridgehead atoms. The first kappa shape index (κ1) is 21.8. The first-order chi connectivity index (χ1) is 15.0. The summed E-state index contributed by atoms with van der Waals surface area (Å²) in [6.07, 6.45) is 0. The zero-order valence-electron chi connectivity index (χ0n) is 16.5. The van der Waals surface area contributed by atoms with Crippen molar-refractivity contribution in [1.82, 2.24) is 0 Å². The average molecular weight is 473 g/mol. The van der Waals surface area contributed by atoms with Crippen molar-refractivity contribution < 1.29 is 31.0 Å². The van der Waals surface area contributed by atoms with Crippen molar-refractivity contribution in [3.63, 3.8) is 0 Å². The highest BCUT2D eigenvalue weighted by Crippen LogP contribution is 2.42. The Kier molecular flexibility index (Phi) is 5.21. The van der Waals surface area contributed by atoms with E-state index in [1.54, 1.807) is 43.3 Å². The summed E-state index contributed by atoms with van der Waals surface area (Å²) in [4.78, 5) is -1.01. The van der Waals surface area contributed by atoms with E-state index in [0.717, 1.165) is 11.6 Å². The number of nitrogens with zero attached hydrogens (tertiary/aromatic N) is 2. The van der Waals surface area contributed by atoms with Crippen LogP contribution in [-0.2, 0) is 20.2 Å². The molecule has 0 spiro atoms. The van der Waals surface area contributed by atoms with E-state index in [4.69, 9.17) is 0 Å². The normalized spacial score (nSPS) is 12.7. The van der Waals surface area contributed by atoms with Gasteiger partial charge in [0.15, 0.2) is 5.75 Å². The Hall–Kier alpha value is -3.38. The summed E-state index contributed by atoms with van der Waals surface area (Å²) in [7, 11) is -9.23. The van der Waals surface area contributed by atoms with Crippen LogP contribution in [0.25, 0.3) is 21.5 Å². The van der Waals surface area contributed by atoms with E-state index in [1.165, 1.54) is 18.2 Å². The molecule has 3 N–H and O–H groups in total. The van der Waals surface area contributed by atoms with Crippen LogP contribution >= 0.6 is 0 Å². The van der Waals surface area contributed by atoms with Gasteiger partial charge in [0.25, 0.3) is 20.2 Å². The third-order valence-electron chi connectivity index (χ3n) is 4.88. The van der Waals surface area contributed by atoms with Crippen LogP contribution in [-0.4, -0.2) is 31.0 Å². The second kappa shape index (κ2) is 7.64. The molecule has 0 unspecified atom stereocenters. The summed E-state index contributed by atoms with van der Waals surface area (Å²) in [6, 6.07) is 15.0. The molecule has 0 saturated heterocycles. The molecule has 32 heavy (non-hydrogen) atoms. The quantitative estimate of drug-likeness (QED) is 0.281. The fraction of sp³-hybridized carbons (Fsp3) is 0.0476. The summed E-state index contributed by atoms with van der Waals surface area (Å²) in [5, 5.41) is 20.0. The molecule has 0 saturated carbocycles. The third-order valence-corrected chi connectivity index (χ3v) is 6.66. The number of hydrogen-bond donors (Lipinski definition) is 3. The molecule has 0 aliphatic heterocycles. The van der Waals surface area contributed by atoms with E-state index < -0.39 is 30.9 Å². The van der Waals surface area contributed by atoms with Crippen LogP contribution in [0.2, 0.25) is 0 Å². The highest BCUT2D eigenvalue weighted by Gasteiger charge is 2.22. The number of benzene rings is 4. The minimum absolute atomic E-state index is 0.182. The van der Waals surface area contributed by atoms with E-state index in [2.05, 4.69) is 10.2 Å². The van der Waals surface area contributed by atoms with Crippen LogP contribution in [0.1, 0.15) is 5.56 Å². The van der Waals surface area contributed by atoms with Crippen LogP contribution in [0, 0.1) is 6.92 Å². The molecule has 11 heteroatoms. The number of phenols is 1. The van der Waals surface area contributed by atoms with Gasteiger partial charge in [0, 0.05) is 16.2 Å². The molecule has 0 amide bonds. The van der Waals surface area contributed by atoms with Gasteiger partial charge < -0.3 is 5.11 Å². The smallest absolute Gasteiger partial charge is 0.298 e. The van der Waals surface area contributed by atoms with Gasteiger partial charge in [-0.25, -0.2) is 0 Å². The van der Waals surface area contributed by atoms with E-state index >= 15 is 0 Å². The van der Waals surface area contributed by atoms with Gasteiger partial charge in [0.2, 0.25) is 0 Å². The van der Waals surface area contributed by atoms with Crippen LogP contribution < -0.4 is 0 Å². The third kappa shape index (κ3) is 3.94. The number of aryl methyl sites for hydroxylation is 1. The van der Waals surface area contributed by atoms with Crippen molar-refractivity contribution in [3.8, 4) is 5.75 Å². The summed E-state index contributed by atoms with van der Waals surface area (Å²) in [5.74, 6) is -0.772. The Morgan fingerprint density at radius 3 is 2.03 bits per heavy atom. The van der Waals surface area contributed by atoms with Crippen LogP contribution in [0.15, 0.2) is 80.7 Å². The number of hydrogen-bond acceptors (Lipinski definition) is 7. The molecule has 164 valence electrons. The second-order valence-corrected chi connectivity index (χ2v) is 9.85. The van der Waals surface area contributed by atoms with E-state index in [1.807, 2.05) is 0 Å². The first-order valence-corrected chi connectivity index (χ1v) is 12.0. The maximum atomic E-state index is 11.8. The second-order valence-electron chi connectivity index (χ2n) is 7.08. The molecule has 0 aliphatic carbocycles. The molecule has 0 fully saturated rings. The zero-order valence-corrected chi connectivity index (χ0v) is 18.1. The predicted octanol–water partition coefficient (Wildman–Crippen LogP) is 4.92. The SMILES string of the molecule is Cc1ccc2c(/N=N/c3ccc(S(=O)(=O)O)c4ccccc34)c(O)c(S(=O)(=O)O)cc2c1. The van der Waals surface area contributed by atoms with Crippen molar-refractivity contribution in [2.24, 2.45) is 10.2 Å². The first-order valence-electron chi connectivity index (χ1n) is 9.11. The Labute approximate surface area is 183 Å².